The van der Waals surface area contributed by atoms with E-state index in [-0.39, 0.29) is 11.7 Å². The van der Waals surface area contributed by atoms with Crippen LogP contribution in [0.15, 0.2) is 48.8 Å². The zero-order valence-electron chi connectivity index (χ0n) is 13.5. The molecule has 1 amide bonds. The summed E-state index contributed by atoms with van der Waals surface area (Å²) in [6.07, 6.45) is 5.92. The van der Waals surface area contributed by atoms with Crippen molar-refractivity contribution in [3.05, 3.63) is 64.9 Å². The van der Waals surface area contributed by atoms with Crippen molar-refractivity contribution in [3.8, 4) is 0 Å². The third kappa shape index (κ3) is 2.71. The lowest BCUT2D eigenvalue weighted by Gasteiger charge is -2.44. The second-order valence-electron chi connectivity index (χ2n) is 6.07. The van der Waals surface area contributed by atoms with Gasteiger partial charge in [-0.05, 0) is 37.5 Å². The predicted molar refractivity (Wildman–Crippen MR) is 92.9 cm³/mol. The van der Waals surface area contributed by atoms with Gasteiger partial charge in [-0.1, -0.05) is 29.8 Å². The number of carbonyl (C=O) groups excluding carboxylic acids is 2. The summed E-state index contributed by atoms with van der Waals surface area (Å²) in [6, 6.07) is 10.6. The van der Waals surface area contributed by atoms with Crippen LogP contribution in [0, 0.1) is 0 Å². The Hall–Kier alpha value is -2.20. The third-order valence-electron chi connectivity index (χ3n) is 4.78. The minimum absolute atomic E-state index is 0.0479. The normalized spacial score (nSPS) is 20.7. The fraction of sp³-hybridized carbons (Fsp3) is 0.316. The molecule has 0 aliphatic heterocycles. The van der Waals surface area contributed by atoms with E-state index in [1.165, 1.54) is 0 Å². The number of nitrogens with zero attached hydrogens (tertiary/aromatic N) is 2. The van der Waals surface area contributed by atoms with Crippen LogP contribution < -0.4 is 0 Å². The lowest BCUT2D eigenvalue weighted by molar-refractivity contribution is -0.132. The van der Waals surface area contributed by atoms with E-state index in [0.29, 0.717) is 29.0 Å². The average Bonchev–Trinajstić information content (AvgIpc) is 2.62. The Morgan fingerprint density at radius 1 is 1.17 bits per heavy atom. The molecule has 0 radical (unpaired) electrons. The van der Waals surface area contributed by atoms with Crippen molar-refractivity contribution < 1.29 is 9.59 Å². The zero-order valence-corrected chi connectivity index (χ0v) is 14.3. The van der Waals surface area contributed by atoms with E-state index in [2.05, 4.69) is 4.98 Å². The van der Waals surface area contributed by atoms with Crippen molar-refractivity contribution in [2.24, 2.45) is 0 Å². The minimum atomic E-state index is -1.00. The molecule has 1 fully saturated rings. The maximum Gasteiger partial charge on any atom is 0.254 e. The van der Waals surface area contributed by atoms with Crippen LogP contribution in [0.1, 0.15) is 41.6 Å². The van der Waals surface area contributed by atoms with E-state index >= 15 is 0 Å². The Labute approximate surface area is 146 Å². The van der Waals surface area contributed by atoms with Gasteiger partial charge in [0.25, 0.3) is 5.91 Å². The van der Waals surface area contributed by atoms with Crippen LogP contribution in [-0.2, 0) is 10.3 Å². The number of halogens is 1. The van der Waals surface area contributed by atoms with Crippen LogP contribution in [0.3, 0.4) is 0 Å². The second kappa shape index (κ2) is 6.73. The van der Waals surface area contributed by atoms with E-state index in [1.807, 2.05) is 18.2 Å². The van der Waals surface area contributed by atoms with Gasteiger partial charge in [-0.15, -0.1) is 0 Å². The van der Waals surface area contributed by atoms with Crippen LogP contribution in [0.2, 0.25) is 5.02 Å². The molecule has 1 saturated carbocycles. The van der Waals surface area contributed by atoms with Gasteiger partial charge in [-0.3, -0.25) is 14.6 Å². The van der Waals surface area contributed by atoms with Crippen LogP contribution >= 0.6 is 11.6 Å². The number of hydrogen-bond donors (Lipinski definition) is 0. The molecule has 24 heavy (non-hydrogen) atoms. The standard InChI is InChI=1S/C19H19ClN2O2/c1-22(18(24)14-9-12-21-13-10-14)19(11-5-4-8-17(19)23)15-6-2-3-7-16(15)20/h2-3,6-7,9-10,12-13H,4-5,8,11H2,1H3/t19-/m1/s1. The summed E-state index contributed by atoms with van der Waals surface area (Å²) in [5.74, 6) is -0.153. The molecule has 0 N–H and O–H groups in total. The molecule has 0 saturated heterocycles. The van der Waals surface area contributed by atoms with Gasteiger partial charge in [0.15, 0.2) is 5.78 Å². The molecule has 1 aliphatic rings. The number of hydrogen-bond acceptors (Lipinski definition) is 3. The van der Waals surface area contributed by atoms with Crippen molar-refractivity contribution in [3.63, 3.8) is 0 Å². The lowest BCUT2D eigenvalue weighted by Crippen LogP contribution is -2.54. The van der Waals surface area contributed by atoms with Gasteiger partial charge >= 0.3 is 0 Å². The molecule has 3 rings (SSSR count). The largest absolute Gasteiger partial charge is 0.325 e. The molecule has 1 heterocycles. The number of carbonyl (C=O) groups is 2. The van der Waals surface area contributed by atoms with Gasteiger partial charge < -0.3 is 4.90 Å². The topological polar surface area (TPSA) is 50.3 Å². The van der Waals surface area contributed by atoms with Gasteiger partial charge in [0, 0.05) is 42.0 Å². The quantitative estimate of drug-likeness (QED) is 0.851. The van der Waals surface area contributed by atoms with Crippen molar-refractivity contribution in [1.82, 2.24) is 9.88 Å². The first-order valence-electron chi connectivity index (χ1n) is 8.04. The van der Waals surface area contributed by atoms with Crippen molar-refractivity contribution in [1.29, 1.82) is 0 Å². The summed E-state index contributed by atoms with van der Waals surface area (Å²) in [5, 5.41) is 0.516. The number of ketones is 1. The number of aromatic nitrogens is 1. The van der Waals surface area contributed by atoms with Gasteiger partial charge in [-0.2, -0.15) is 0 Å². The second-order valence-corrected chi connectivity index (χ2v) is 6.48. The molecule has 1 aromatic heterocycles. The first kappa shape index (κ1) is 16.7. The first-order chi connectivity index (χ1) is 11.6. The molecule has 1 atom stereocenters. The van der Waals surface area contributed by atoms with Gasteiger partial charge in [0.1, 0.15) is 5.54 Å². The van der Waals surface area contributed by atoms with Crippen LogP contribution in [0.25, 0.3) is 0 Å². The Balaban J connectivity index is 2.10. The molecule has 0 spiro atoms. The maximum absolute atomic E-state index is 13.0. The highest BCUT2D eigenvalue weighted by atomic mass is 35.5. The Kier molecular flexibility index (Phi) is 4.67. The Morgan fingerprint density at radius 3 is 2.54 bits per heavy atom. The molecule has 1 aliphatic carbocycles. The number of Topliss-reactive ketones (excluding diaryl/α,β-unsaturated/α-hetero) is 1. The van der Waals surface area contributed by atoms with Crippen LogP contribution in [0.5, 0.6) is 0 Å². The van der Waals surface area contributed by atoms with E-state index in [4.69, 9.17) is 11.6 Å². The highest BCUT2D eigenvalue weighted by Gasteiger charge is 2.48. The number of benzene rings is 1. The Bertz CT molecular complexity index is 763. The van der Waals surface area contributed by atoms with E-state index < -0.39 is 5.54 Å². The van der Waals surface area contributed by atoms with Crippen LogP contribution in [0.4, 0.5) is 0 Å². The minimum Gasteiger partial charge on any atom is -0.325 e. The predicted octanol–water partition coefficient (Wildman–Crippen LogP) is 3.85. The smallest absolute Gasteiger partial charge is 0.254 e. The number of pyridine rings is 1. The van der Waals surface area contributed by atoms with E-state index in [9.17, 15) is 9.59 Å². The number of rotatable bonds is 3. The summed E-state index contributed by atoms with van der Waals surface area (Å²) in [5.41, 5.74) is 0.218. The van der Waals surface area contributed by atoms with Gasteiger partial charge in [0.2, 0.25) is 0 Å². The van der Waals surface area contributed by atoms with Crippen molar-refractivity contribution >= 4 is 23.3 Å². The molecule has 1 aromatic carbocycles. The van der Waals surface area contributed by atoms with E-state index in [0.717, 1.165) is 12.8 Å². The molecule has 0 unspecified atom stereocenters. The molecule has 2 aromatic rings. The lowest BCUT2D eigenvalue weighted by atomic mass is 9.74. The summed E-state index contributed by atoms with van der Waals surface area (Å²) < 4.78 is 0. The molecule has 124 valence electrons. The molecular formula is C19H19ClN2O2. The number of amides is 1. The SMILES string of the molecule is CN(C(=O)c1ccncc1)[C@@]1(c2ccccc2Cl)CCCCC1=O. The zero-order chi connectivity index (χ0) is 17.2. The fourth-order valence-electron chi connectivity index (χ4n) is 3.49. The summed E-state index contributed by atoms with van der Waals surface area (Å²) in [7, 11) is 1.69. The van der Waals surface area contributed by atoms with Gasteiger partial charge in [-0.25, -0.2) is 0 Å². The molecule has 4 nitrogen and oxygen atoms in total. The van der Waals surface area contributed by atoms with E-state index in [1.54, 1.807) is 42.5 Å². The number of likely N-dealkylation sites (N-methyl/N-ethyl adjacent to an activating group) is 1. The average molecular weight is 343 g/mol. The highest BCUT2D eigenvalue weighted by Crippen LogP contribution is 2.42. The van der Waals surface area contributed by atoms with Crippen LogP contribution in [-0.4, -0.2) is 28.6 Å². The first-order valence-corrected chi connectivity index (χ1v) is 8.41. The maximum atomic E-state index is 13.0. The van der Waals surface area contributed by atoms with Gasteiger partial charge in [0.05, 0.1) is 0 Å². The summed E-state index contributed by atoms with van der Waals surface area (Å²) in [6.45, 7) is 0. The highest BCUT2D eigenvalue weighted by molar-refractivity contribution is 6.31. The molecule has 0 bridgehead atoms. The fourth-order valence-corrected chi connectivity index (χ4v) is 3.78. The third-order valence-corrected chi connectivity index (χ3v) is 5.11. The Morgan fingerprint density at radius 2 is 1.88 bits per heavy atom. The molecule has 5 heteroatoms. The van der Waals surface area contributed by atoms with Crippen molar-refractivity contribution in [2.45, 2.75) is 31.2 Å². The molecular weight excluding hydrogens is 324 g/mol. The monoisotopic (exact) mass is 342 g/mol. The summed E-state index contributed by atoms with van der Waals surface area (Å²) in [4.78, 5) is 31.5. The summed E-state index contributed by atoms with van der Waals surface area (Å²) >= 11 is 6.41. The van der Waals surface area contributed by atoms with Crippen molar-refractivity contribution in [2.75, 3.05) is 7.05 Å².